The van der Waals surface area contributed by atoms with Crippen molar-refractivity contribution in [3.63, 3.8) is 0 Å². The quantitative estimate of drug-likeness (QED) is 0.942. The zero-order valence-corrected chi connectivity index (χ0v) is 13.7. The van der Waals surface area contributed by atoms with Crippen LogP contribution in [0.15, 0.2) is 47.4 Å². The Morgan fingerprint density at radius 1 is 1.09 bits per heavy atom. The number of nitrogens with one attached hydrogen (secondary N) is 1. The molecule has 0 unspecified atom stereocenters. The summed E-state index contributed by atoms with van der Waals surface area (Å²) in [6.45, 7) is 3.87. The van der Waals surface area contributed by atoms with Gasteiger partial charge in [0.25, 0.3) is 5.91 Å². The molecule has 5 heteroatoms. The fourth-order valence-electron chi connectivity index (χ4n) is 2.05. The van der Waals surface area contributed by atoms with E-state index in [-0.39, 0.29) is 10.8 Å². The van der Waals surface area contributed by atoms with Gasteiger partial charge < -0.3 is 5.32 Å². The molecule has 2 aromatic carbocycles. The summed E-state index contributed by atoms with van der Waals surface area (Å²) >= 11 is 0. The lowest BCUT2D eigenvalue weighted by Crippen LogP contribution is -2.13. The van der Waals surface area contributed by atoms with Crippen molar-refractivity contribution in [1.82, 2.24) is 0 Å². The first-order chi connectivity index (χ1) is 10.3. The maximum atomic E-state index is 12.3. The molecule has 2 aromatic rings. The van der Waals surface area contributed by atoms with Crippen molar-refractivity contribution in [2.75, 3.05) is 11.6 Å². The topological polar surface area (TPSA) is 63.2 Å². The van der Waals surface area contributed by atoms with Crippen LogP contribution in [-0.4, -0.2) is 20.6 Å². The van der Waals surface area contributed by atoms with Crippen molar-refractivity contribution in [3.8, 4) is 0 Å². The fourth-order valence-corrected chi connectivity index (χ4v) is 2.70. The third kappa shape index (κ3) is 3.74. The summed E-state index contributed by atoms with van der Waals surface area (Å²) in [5.74, 6) is -0.253. The van der Waals surface area contributed by atoms with Crippen LogP contribution in [0.4, 0.5) is 5.69 Å². The number of sulfone groups is 1. The number of hydrogen-bond acceptors (Lipinski definition) is 3. The molecule has 116 valence electrons. The van der Waals surface area contributed by atoms with Crippen LogP contribution in [-0.2, 0) is 16.3 Å². The summed E-state index contributed by atoms with van der Waals surface area (Å²) in [5.41, 5.74) is 3.02. The minimum absolute atomic E-state index is 0.190. The zero-order valence-electron chi connectivity index (χ0n) is 12.9. The van der Waals surface area contributed by atoms with Gasteiger partial charge in [0.1, 0.15) is 0 Å². The van der Waals surface area contributed by atoms with Crippen LogP contribution in [0.1, 0.15) is 28.4 Å². The maximum Gasteiger partial charge on any atom is 0.255 e. The lowest BCUT2D eigenvalue weighted by Gasteiger charge is -2.10. The smallest absolute Gasteiger partial charge is 0.255 e. The molecule has 0 spiro atoms. The molecule has 2 rings (SSSR count). The largest absolute Gasteiger partial charge is 0.322 e. The SMILES string of the molecule is CCc1ccc(C(=O)Nc2cc(S(C)(=O)=O)ccc2C)cc1. The Morgan fingerprint density at radius 2 is 1.73 bits per heavy atom. The molecule has 1 N–H and O–H groups in total. The first kappa shape index (κ1) is 16.2. The summed E-state index contributed by atoms with van der Waals surface area (Å²) in [7, 11) is -3.30. The highest BCUT2D eigenvalue weighted by molar-refractivity contribution is 7.90. The third-order valence-electron chi connectivity index (χ3n) is 3.51. The van der Waals surface area contributed by atoms with Gasteiger partial charge in [0.2, 0.25) is 0 Å². The Hall–Kier alpha value is -2.14. The van der Waals surface area contributed by atoms with Crippen LogP contribution < -0.4 is 5.32 Å². The van der Waals surface area contributed by atoms with Crippen LogP contribution in [0.5, 0.6) is 0 Å². The van der Waals surface area contributed by atoms with Gasteiger partial charge in [-0.1, -0.05) is 25.1 Å². The van der Waals surface area contributed by atoms with Crippen molar-refractivity contribution in [2.45, 2.75) is 25.2 Å². The van der Waals surface area contributed by atoms with E-state index in [2.05, 4.69) is 12.2 Å². The zero-order chi connectivity index (χ0) is 16.3. The molecule has 0 saturated heterocycles. The van der Waals surface area contributed by atoms with Gasteiger partial charge in [-0.05, 0) is 48.7 Å². The number of rotatable bonds is 4. The van der Waals surface area contributed by atoms with Crippen molar-refractivity contribution >= 4 is 21.4 Å². The molecule has 0 aliphatic carbocycles. The monoisotopic (exact) mass is 317 g/mol. The predicted octanol–water partition coefficient (Wildman–Crippen LogP) is 3.21. The van der Waals surface area contributed by atoms with E-state index in [4.69, 9.17) is 0 Å². The van der Waals surface area contributed by atoms with E-state index in [1.165, 1.54) is 12.1 Å². The molecule has 0 radical (unpaired) electrons. The lowest BCUT2D eigenvalue weighted by molar-refractivity contribution is 0.102. The van der Waals surface area contributed by atoms with Gasteiger partial charge in [0.05, 0.1) is 4.90 Å². The molecule has 22 heavy (non-hydrogen) atoms. The molecule has 0 aliphatic rings. The Bertz CT molecular complexity index is 793. The number of carbonyl (C=O) groups excluding carboxylic acids is 1. The Morgan fingerprint density at radius 3 is 2.27 bits per heavy atom. The minimum atomic E-state index is -3.30. The van der Waals surface area contributed by atoms with Crippen LogP contribution in [0.2, 0.25) is 0 Å². The summed E-state index contributed by atoms with van der Waals surface area (Å²) in [5, 5.41) is 2.77. The van der Waals surface area contributed by atoms with Gasteiger partial charge in [-0.2, -0.15) is 0 Å². The van der Waals surface area contributed by atoms with Crippen LogP contribution >= 0.6 is 0 Å². The molecular weight excluding hydrogens is 298 g/mol. The van der Waals surface area contributed by atoms with Gasteiger partial charge in [-0.15, -0.1) is 0 Å². The van der Waals surface area contributed by atoms with Crippen molar-refractivity contribution in [3.05, 3.63) is 59.2 Å². The standard InChI is InChI=1S/C17H19NO3S/c1-4-13-6-8-14(9-7-13)17(19)18-16-11-15(22(3,20)21)10-5-12(16)2/h5-11H,4H2,1-3H3,(H,18,19). The summed E-state index contributed by atoms with van der Waals surface area (Å²) < 4.78 is 23.2. The molecular formula is C17H19NO3S. The van der Waals surface area contributed by atoms with E-state index in [0.717, 1.165) is 23.8 Å². The number of anilines is 1. The summed E-state index contributed by atoms with van der Waals surface area (Å²) in [6.07, 6.45) is 2.06. The van der Waals surface area contributed by atoms with E-state index < -0.39 is 9.84 Å². The molecule has 0 bridgehead atoms. The number of benzene rings is 2. The summed E-state index contributed by atoms with van der Waals surface area (Å²) in [6, 6.07) is 12.1. The van der Waals surface area contributed by atoms with E-state index in [0.29, 0.717) is 11.3 Å². The van der Waals surface area contributed by atoms with Crippen LogP contribution in [0.25, 0.3) is 0 Å². The maximum absolute atomic E-state index is 12.3. The Kier molecular flexibility index (Phi) is 4.66. The number of amides is 1. The molecule has 0 fully saturated rings. The minimum Gasteiger partial charge on any atom is -0.322 e. The average molecular weight is 317 g/mol. The first-order valence-electron chi connectivity index (χ1n) is 7.02. The molecule has 0 aliphatic heterocycles. The molecule has 1 amide bonds. The normalized spacial score (nSPS) is 11.2. The van der Waals surface area contributed by atoms with Gasteiger partial charge in [0, 0.05) is 17.5 Å². The highest BCUT2D eigenvalue weighted by atomic mass is 32.2. The fraction of sp³-hybridized carbons (Fsp3) is 0.235. The van der Waals surface area contributed by atoms with Gasteiger partial charge in [0.15, 0.2) is 9.84 Å². The molecule has 0 atom stereocenters. The predicted molar refractivity (Wildman–Crippen MR) is 88.1 cm³/mol. The number of aryl methyl sites for hydroxylation is 2. The van der Waals surface area contributed by atoms with Crippen LogP contribution in [0, 0.1) is 6.92 Å². The van der Waals surface area contributed by atoms with Gasteiger partial charge >= 0.3 is 0 Å². The van der Waals surface area contributed by atoms with E-state index >= 15 is 0 Å². The molecule has 0 aromatic heterocycles. The van der Waals surface area contributed by atoms with Gasteiger partial charge in [-0.3, -0.25) is 4.79 Å². The van der Waals surface area contributed by atoms with Crippen molar-refractivity contribution in [1.29, 1.82) is 0 Å². The second-order valence-electron chi connectivity index (χ2n) is 5.25. The number of hydrogen-bond donors (Lipinski definition) is 1. The second kappa shape index (κ2) is 6.32. The van der Waals surface area contributed by atoms with Crippen molar-refractivity contribution in [2.24, 2.45) is 0 Å². The second-order valence-corrected chi connectivity index (χ2v) is 7.27. The third-order valence-corrected chi connectivity index (χ3v) is 4.62. The van der Waals surface area contributed by atoms with E-state index in [1.54, 1.807) is 18.2 Å². The Labute approximate surface area is 131 Å². The molecule has 0 heterocycles. The molecule has 0 saturated carbocycles. The summed E-state index contributed by atoms with van der Waals surface area (Å²) in [4.78, 5) is 12.5. The number of carbonyl (C=O) groups is 1. The van der Waals surface area contributed by atoms with Crippen molar-refractivity contribution < 1.29 is 13.2 Å². The Balaban J connectivity index is 2.27. The van der Waals surface area contributed by atoms with Gasteiger partial charge in [-0.25, -0.2) is 8.42 Å². The van der Waals surface area contributed by atoms with E-state index in [9.17, 15) is 13.2 Å². The first-order valence-corrected chi connectivity index (χ1v) is 8.91. The molecule has 4 nitrogen and oxygen atoms in total. The highest BCUT2D eigenvalue weighted by Gasteiger charge is 2.12. The highest BCUT2D eigenvalue weighted by Crippen LogP contribution is 2.21. The lowest BCUT2D eigenvalue weighted by atomic mass is 10.1. The average Bonchev–Trinajstić information content (AvgIpc) is 2.48. The van der Waals surface area contributed by atoms with E-state index in [1.807, 2.05) is 19.1 Å². The van der Waals surface area contributed by atoms with Crippen LogP contribution in [0.3, 0.4) is 0 Å².